The summed E-state index contributed by atoms with van der Waals surface area (Å²) in [5, 5.41) is 4.69. The van der Waals surface area contributed by atoms with Crippen LogP contribution in [-0.4, -0.2) is 14.6 Å². The Bertz CT molecular complexity index is 734. The first-order valence-electron chi connectivity index (χ1n) is 5.88. The van der Waals surface area contributed by atoms with Gasteiger partial charge in [-0.15, -0.1) is 0 Å². The highest BCUT2D eigenvalue weighted by Gasteiger charge is 2.12. The van der Waals surface area contributed by atoms with E-state index < -0.39 is 0 Å². The van der Waals surface area contributed by atoms with Gasteiger partial charge in [-0.2, -0.15) is 5.10 Å². The van der Waals surface area contributed by atoms with Crippen LogP contribution in [0.4, 0.5) is 4.39 Å². The van der Waals surface area contributed by atoms with Gasteiger partial charge in [0.2, 0.25) is 0 Å². The number of halogens is 2. The second kappa shape index (κ2) is 4.63. The van der Waals surface area contributed by atoms with Gasteiger partial charge in [-0.05, 0) is 24.6 Å². The van der Waals surface area contributed by atoms with Crippen LogP contribution in [0.3, 0.4) is 0 Å². The molecular formula is C14H11ClFN3. The second-order valence-electron chi connectivity index (χ2n) is 4.37. The molecule has 1 aromatic carbocycles. The Kier molecular flexibility index (Phi) is 2.95. The van der Waals surface area contributed by atoms with Crippen LogP contribution in [0.1, 0.15) is 16.8 Å². The third kappa shape index (κ3) is 2.19. The average Bonchev–Trinajstić information content (AvgIpc) is 2.85. The minimum absolute atomic E-state index is 0.243. The summed E-state index contributed by atoms with van der Waals surface area (Å²) in [5.74, 6) is -0.243. The highest BCUT2D eigenvalue weighted by molar-refractivity contribution is 6.30. The van der Waals surface area contributed by atoms with Gasteiger partial charge in [-0.1, -0.05) is 23.7 Å². The summed E-state index contributed by atoms with van der Waals surface area (Å²) in [5.41, 5.74) is 3.48. The Hall–Kier alpha value is -1.94. The molecule has 5 heteroatoms. The second-order valence-corrected chi connectivity index (χ2v) is 4.73. The number of hydrogen-bond donors (Lipinski definition) is 0. The van der Waals surface area contributed by atoms with Gasteiger partial charge in [0, 0.05) is 23.7 Å². The monoisotopic (exact) mass is 275 g/mol. The van der Waals surface area contributed by atoms with Gasteiger partial charge in [0.25, 0.3) is 0 Å². The van der Waals surface area contributed by atoms with Crippen LogP contribution in [0.2, 0.25) is 5.15 Å². The highest BCUT2D eigenvalue weighted by atomic mass is 35.5. The smallest absolute Gasteiger partial charge is 0.156 e. The number of aryl methyl sites for hydroxylation is 1. The van der Waals surface area contributed by atoms with Crippen LogP contribution in [0.5, 0.6) is 0 Å². The van der Waals surface area contributed by atoms with Gasteiger partial charge in [-0.25, -0.2) is 13.9 Å². The first-order chi connectivity index (χ1) is 9.15. The summed E-state index contributed by atoms with van der Waals surface area (Å²) in [6.07, 6.45) is 2.27. The molecule has 0 aliphatic heterocycles. The van der Waals surface area contributed by atoms with Gasteiger partial charge < -0.3 is 0 Å². The minimum atomic E-state index is -0.243. The number of fused-ring (bicyclic) bond motifs is 1. The zero-order chi connectivity index (χ0) is 13.4. The Morgan fingerprint density at radius 3 is 2.68 bits per heavy atom. The zero-order valence-corrected chi connectivity index (χ0v) is 11.0. The summed E-state index contributed by atoms with van der Waals surface area (Å²) >= 11 is 6.36. The minimum Gasteiger partial charge on any atom is -0.233 e. The largest absolute Gasteiger partial charge is 0.233 e. The summed E-state index contributed by atoms with van der Waals surface area (Å²) < 4.78 is 14.5. The average molecular weight is 276 g/mol. The van der Waals surface area contributed by atoms with Crippen LogP contribution >= 0.6 is 11.6 Å². The summed E-state index contributed by atoms with van der Waals surface area (Å²) in [6, 6.07) is 8.19. The van der Waals surface area contributed by atoms with E-state index in [2.05, 4.69) is 10.1 Å². The van der Waals surface area contributed by atoms with Crippen LogP contribution in [0.25, 0.3) is 5.65 Å². The molecule has 0 spiro atoms. The molecular weight excluding hydrogens is 265 g/mol. The molecule has 0 fully saturated rings. The molecule has 0 bridgehead atoms. The lowest BCUT2D eigenvalue weighted by Gasteiger charge is -2.09. The van der Waals surface area contributed by atoms with E-state index in [1.54, 1.807) is 28.9 Å². The van der Waals surface area contributed by atoms with E-state index in [1.165, 1.54) is 12.1 Å². The highest BCUT2D eigenvalue weighted by Crippen LogP contribution is 2.23. The molecule has 96 valence electrons. The van der Waals surface area contributed by atoms with Gasteiger partial charge in [0.15, 0.2) is 5.65 Å². The molecule has 0 N–H and O–H groups in total. The number of benzene rings is 1. The van der Waals surface area contributed by atoms with E-state index >= 15 is 0 Å². The van der Waals surface area contributed by atoms with Crippen molar-refractivity contribution >= 4 is 17.2 Å². The van der Waals surface area contributed by atoms with Gasteiger partial charge in [-0.3, -0.25) is 0 Å². The maximum absolute atomic E-state index is 12.9. The fourth-order valence-electron chi connectivity index (χ4n) is 2.06. The van der Waals surface area contributed by atoms with E-state index in [0.29, 0.717) is 11.6 Å². The summed E-state index contributed by atoms with van der Waals surface area (Å²) in [4.78, 5) is 4.45. The topological polar surface area (TPSA) is 30.2 Å². The van der Waals surface area contributed by atoms with Gasteiger partial charge >= 0.3 is 0 Å². The number of aromatic nitrogens is 3. The SMILES string of the molecule is Cc1nc2ccnn2c(Cl)c1Cc1ccc(F)cc1. The van der Waals surface area contributed by atoms with Crippen LogP contribution in [-0.2, 0) is 6.42 Å². The summed E-state index contributed by atoms with van der Waals surface area (Å²) in [7, 11) is 0. The molecule has 0 aliphatic rings. The van der Waals surface area contributed by atoms with Crippen LogP contribution < -0.4 is 0 Å². The van der Waals surface area contributed by atoms with Crippen molar-refractivity contribution in [3.63, 3.8) is 0 Å². The normalized spacial score (nSPS) is 11.1. The molecule has 0 amide bonds. The van der Waals surface area contributed by atoms with E-state index in [0.717, 1.165) is 22.5 Å². The molecule has 0 aliphatic carbocycles. The van der Waals surface area contributed by atoms with Gasteiger partial charge in [0.05, 0.1) is 6.20 Å². The lowest BCUT2D eigenvalue weighted by atomic mass is 10.1. The van der Waals surface area contributed by atoms with E-state index in [-0.39, 0.29) is 5.82 Å². The molecule has 0 saturated carbocycles. The molecule has 3 rings (SSSR count). The van der Waals surface area contributed by atoms with E-state index in [4.69, 9.17) is 11.6 Å². The summed E-state index contributed by atoms with van der Waals surface area (Å²) in [6.45, 7) is 1.91. The van der Waals surface area contributed by atoms with E-state index in [9.17, 15) is 4.39 Å². The van der Waals surface area contributed by atoms with Gasteiger partial charge in [0.1, 0.15) is 11.0 Å². The maximum atomic E-state index is 12.9. The number of hydrogen-bond acceptors (Lipinski definition) is 2. The van der Waals surface area contributed by atoms with Crippen molar-refractivity contribution in [1.29, 1.82) is 0 Å². The van der Waals surface area contributed by atoms with Crippen LogP contribution in [0.15, 0.2) is 36.5 Å². The predicted octanol–water partition coefficient (Wildman–Crippen LogP) is 3.42. The molecule has 2 aromatic heterocycles. The molecule has 19 heavy (non-hydrogen) atoms. The van der Waals surface area contributed by atoms with Crippen molar-refractivity contribution in [3.8, 4) is 0 Å². The van der Waals surface area contributed by atoms with E-state index in [1.807, 2.05) is 6.92 Å². The molecule has 0 radical (unpaired) electrons. The van der Waals surface area contributed by atoms with Crippen molar-refractivity contribution in [2.75, 3.05) is 0 Å². The van der Waals surface area contributed by atoms with Crippen molar-refractivity contribution in [3.05, 3.63) is 64.3 Å². The lowest BCUT2D eigenvalue weighted by molar-refractivity contribution is 0.627. The first-order valence-corrected chi connectivity index (χ1v) is 6.26. The van der Waals surface area contributed by atoms with Crippen molar-refractivity contribution in [2.24, 2.45) is 0 Å². The Morgan fingerprint density at radius 1 is 1.21 bits per heavy atom. The Labute approximate surface area is 114 Å². The Balaban J connectivity index is 2.06. The molecule has 0 unspecified atom stereocenters. The standard InChI is InChI=1S/C14H11ClFN3/c1-9-12(8-10-2-4-11(16)5-3-10)14(15)19-13(18-9)6-7-17-19/h2-7H,8H2,1H3. The van der Waals surface area contributed by atoms with Crippen molar-refractivity contribution in [1.82, 2.24) is 14.6 Å². The number of nitrogens with zero attached hydrogens (tertiary/aromatic N) is 3. The fourth-order valence-corrected chi connectivity index (χ4v) is 2.39. The molecule has 0 atom stereocenters. The maximum Gasteiger partial charge on any atom is 0.156 e. The molecule has 0 saturated heterocycles. The molecule has 3 nitrogen and oxygen atoms in total. The Morgan fingerprint density at radius 2 is 1.95 bits per heavy atom. The predicted molar refractivity (Wildman–Crippen MR) is 71.9 cm³/mol. The molecule has 3 aromatic rings. The van der Waals surface area contributed by atoms with Crippen LogP contribution in [0, 0.1) is 12.7 Å². The fraction of sp³-hybridized carbons (Fsp3) is 0.143. The quantitative estimate of drug-likeness (QED) is 0.671. The first kappa shape index (κ1) is 12.1. The zero-order valence-electron chi connectivity index (χ0n) is 10.3. The third-order valence-corrected chi connectivity index (χ3v) is 3.46. The molecule has 2 heterocycles. The third-order valence-electron chi connectivity index (χ3n) is 3.07. The lowest BCUT2D eigenvalue weighted by Crippen LogP contribution is -2.03. The van der Waals surface area contributed by atoms with Crippen molar-refractivity contribution in [2.45, 2.75) is 13.3 Å². The number of rotatable bonds is 2. The van der Waals surface area contributed by atoms with Crippen molar-refractivity contribution < 1.29 is 4.39 Å².